The molecule has 0 aromatic heterocycles. The summed E-state index contributed by atoms with van der Waals surface area (Å²) in [6, 6.07) is 0. The van der Waals surface area contributed by atoms with Crippen molar-refractivity contribution in [2.24, 2.45) is 0 Å². The molecule has 0 amide bonds. The van der Waals surface area contributed by atoms with Crippen LogP contribution in [0.1, 0.15) is 233 Å². The third kappa shape index (κ3) is 22.5. The molecule has 4 nitrogen and oxygen atoms in total. The Morgan fingerprint density at radius 3 is 0.822 bits per heavy atom. The topological polar surface area (TPSA) is 54.4 Å². The van der Waals surface area contributed by atoms with Gasteiger partial charge in [-0.15, -0.1) is 0 Å². The zero-order valence-electron chi connectivity index (χ0n) is 31.5. The standard InChI is InChI=1S/C41H82NO3/c1-6-9-11-13-15-17-19-21-23-25-27-29-31-33-35-37-39(43)41(4,42(5,45)8-3)40(44)38-36-34-32-30-28-26-24-22-20-18-16-14-12-10-7-2/h45H,6-38H2,1-5H3/q+1. The van der Waals surface area contributed by atoms with Crippen LogP contribution in [0.15, 0.2) is 0 Å². The maximum Gasteiger partial charge on any atom is 0.242 e. The second kappa shape index (κ2) is 30.6. The van der Waals surface area contributed by atoms with E-state index in [4.69, 9.17) is 0 Å². The number of carbonyl (C=O) groups excluding carboxylic acids is 2. The monoisotopic (exact) mass is 637 g/mol. The van der Waals surface area contributed by atoms with Crippen LogP contribution in [-0.2, 0) is 9.59 Å². The second-order valence-corrected chi connectivity index (χ2v) is 14.8. The number of quaternary nitrogens is 1. The molecule has 4 heteroatoms. The molecule has 0 aromatic carbocycles. The molecule has 45 heavy (non-hydrogen) atoms. The lowest BCUT2D eigenvalue weighted by Crippen LogP contribution is -2.66. The second-order valence-electron chi connectivity index (χ2n) is 14.8. The van der Waals surface area contributed by atoms with Crippen molar-refractivity contribution in [2.75, 3.05) is 13.6 Å². The lowest BCUT2D eigenvalue weighted by Gasteiger charge is -2.39. The first-order valence-electron chi connectivity index (χ1n) is 20.4. The summed E-state index contributed by atoms with van der Waals surface area (Å²) in [6.45, 7) is 8.47. The van der Waals surface area contributed by atoms with E-state index in [0.29, 0.717) is 19.4 Å². The summed E-state index contributed by atoms with van der Waals surface area (Å²) in [4.78, 5) is 26.8. The average Bonchev–Trinajstić information content (AvgIpc) is 3.03. The van der Waals surface area contributed by atoms with Gasteiger partial charge in [0.2, 0.25) is 17.1 Å². The molecule has 0 radical (unpaired) electrons. The first-order chi connectivity index (χ1) is 21.8. The Morgan fingerprint density at radius 2 is 0.622 bits per heavy atom. The third-order valence-corrected chi connectivity index (χ3v) is 10.7. The van der Waals surface area contributed by atoms with E-state index in [1.54, 1.807) is 14.0 Å². The fraction of sp³-hybridized carbons (Fsp3) is 0.951. The van der Waals surface area contributed by atoms with Crippen molar-refractivity contribution in [2.45, 2.75) is 239 Å². The molecular formula is C41H82NO3+. The van der Waals surface area contributed by atoms with Gasteiger partial charge in [-0.25, -0.2) is 5.21 Å². The molecule has 0 spiro atoms. The number of Topliss-reactive ketones (excluding diaryl/α,β-unsaturated/α-hetero) is 2. The van der Waals surface area contributed by atoms with Crippen molar-refractivity contribution < 1.29 is 19.4 Å². The molecule has 1 unspecified atom stereocenters. The SMILES string of the molecule is CCCCCCCCCCCCCCCCCC(=O)C(C)(C(=O)CCCCCCCCCCCCCCCCC)[N+](C)(O)CC. The molecule has 0 aromatic rings. The Kier molecular flexibility index (Phi) is 30.1. The number of carbonyl (C=O) groups is 2. The largest absolute Gasteiger partial charge is 0.292 e. The van der Waals surface area contributed by atoms with Gasteiger partial charge in [0.05, 0.1) is 7.05 Å². The van der Waals surface area contributed by atoms with Crippen LogP contribution in [0.2, 0.25) is 0 Å². The van der Waals surface area contributed by atoms with Crippen LogP contribution in [0.3, 0.4) is 0 Å². The van der Waals surface area contributed by atoms with E-state index in [9.17, 15) is 14.8 Å². The van der Waals surface area contributed by atoms with Crippen LogP contribution < -0.4 is 0 Å². The molecule has 0 heterocycles. The first-order valence-corrected chi connectivity index (χ1v) is 20.4. The Morgan fingerprint density at radius 1 is 0.422 bits per heavy atom. The fourth-order valence-electron chi connectivity index (χ4n) is 6.81. The molecule has 0 saturated carbocycles. The lowest BCUT2D eigenvalue weighted by atomic mass is 9.83. The zero-order valence-corrected chi connectivity index (χ0v) is 31.5. The molecule has 1 atom stereocenters. The predicted molar refractivity (Wildman–Crippen MR) is 196 cm³/mol. The molecule has 0 bridgehead atoms. The Balaban J connectivity index is 4.05. The number of hydroxylamine groups is 3. The van der Waals surface area contributed by atoms with Crippen molar-refractivity contribution >= 4 is 11.6 Å². The molecule has 0 saturated heterocycles. The molecule has 0 aliphatic carbocycles. The van der Waals surface area contributed by atoms with Gasteiger partial charge in [0.15, 0.2) is 0 Å². The van der Waals surface area contributed by atoms with Crippen molar-refractivity contribution in [3.63, 3.8) is 0 Å². The highest BCUT2D eigenvalue weighted by Crippen LogP contribution is 2.28. The summed E-state index contributed by atoms with van der Waals surface area (Å²) in [5, 5.41) is 11.1. The van der Waals surface area contributed by atoms with Crippen LogP contribution in [0.25, 0.3) is 0 Å². The summed E-state index contributed by atoms with van der Waals surface area (Å²) in [7, 11) is 1.63. The van der Waals surface area contributed by atoms with Crippen molar-refractivity contribution in [3.05, 3.63) is 0 Å². The lowest BCUT2D eigenvalue weighted by molar-refractivity contribution is -1.11. The quantitative estimate of drug-likeness (QED) is 0.0322. The maximum atomic E-state index is 13.4. The number of unbranched alkanes of at least 4 members (excludes halogenated alkanes) is 28. The molecular weight excluding hydrogens is 554 g/mol. The highest BCUT2D eigenvalue weighted by molar-refractivity contribution is 6.09. The Hall–Kier alpha value is -0.740. The van der Waals surface area contributed by atoms with E-state index in [1.165, 1.54) is 154 Å². The van der Waals surface area contributed by atoms with Crippen LogP contribution in [0.5, 0.6) is 0 Å². The molecule has 0 fully saturated rings. The van der Waals surface area contributed by atoms with Crippen LogP contribution >= 0.6 is 0 Å². The fourth-order valence-corrected chi connectivity index (χ4v) is 6.81. The van der Waals surface area contributed by atoms with Crippen molar-refractivity contribution in [3.8, 4) is 0 Å². The zero-order chi connectivity index (χ0) is 33.5. The van der Waals surface area contributed by atoms with Crippen molar-refractivity contribution in [1.29, 1.82) is 0 Å². The summed E-state index contributed by atoms with van der Waals surface area (Å²) in [5.74, 6) is -0.148. The highest BCUT2D eigenvalue weighted by Gasteiger charge is 2.54. The van der Waals surface area contributed by atoms with Crippen LogP contribution in [0.4, 0.5) is 0 Å². The first kappa shape index (κ1) is 44.3. The normalized spacial score (nSPS) is 13.3. The van der Waals surface area contributed by atoms with Gasteiger partial charge in [-0.2, -0.15) is 4.65 Å². The van der Waals surface area contributed by atoms with E-state index < -0.39 is 10.2 Å². The van der Waals surface area contributed by atoms with E-state index in [0.717, 1.165) is 38.5 Å². The van der Waals surface area contributed by atoms with E-state index in [1.807, 2.05) is 6.92 Å². The number of hydrogen-bond acceptors (Lipinski definition) is 3. The van der Waals surface area contributed by atoms with Gasteiger partial charge in [-0.05, 0) is 19.8 Å². The number of hydrogen-bond donors (Lipinski definition) is 1. The maximum absolute atomic E-state index is 13.4. The van der Waals surface area contributed by atoms with Crippen LogP contribution in [0, 0.1) is 0 Å². The van der Waals surface area contributed by atoms with Gasteiger partial charge < -0.3 is 0 Å². The molecule has 0 aliphatic heterocycles. The van der Waals surface area contributed by atoms with Gasteiger partial charge in [0.25, 0.3) is 0 Å². The molecule has 0 aliphatic rings. The summed E-state index contributed by atoms with van der Waals surface area (Å²) in [5.41, 5.74) is -1.35. The van der Waals surface area contributed by atoms with E-state index >= 15 is 0 Å². The summed E-state index contributed by atoms with van der Waals surface area (Å²) < 4.78 is -0.526. The number of nitrogens with zero attached hydrogens (tertiary/aromatic N) is 1. The Labute approximate surface area is 282 Å². The third-order valence-electron chi connectivity index (χ3n) is 10.7. The Bertz CT molecular complexity index is 628. The number of rotatable bonds is 36. The number of ketones is 2. The summed E-state index contributed by atoms with van der Waals surface area (Å²) >= 11 is 0. The number of likely N-dealkylation sites (N-methyl/N-ethyl adjacent to an activating group) is 1. The van der Waals surface area contributed by atoms with Gasteiger partial charge in [-0.3, -0.25) is 9.59 Å². The van der Waals surface area contributed by atoms with Gasteiger partial charge in [0, 0.05) is 19.8 Å². The van der Waals surface area contributed by atoms with Gasteiger partial charge in [-0.1, -0.05) is 194 Å². The van der Waals surface area contributed by atoms with E-state index in [-0.39, 0.29) is 11.6 Å². The smallest absolute Gasteiger partial charge is 0.242 e. The summed E-state index contributed by atoms with van der Waals surface area (Å²) in [6.07, 6.45) is 39.5. The molecule has 1 N–H and O–H groups in total. The van der Waals surface area contributed by atoms with Crippen LogP contribution in [-0.4, -0.2) is 40.6 Å². The van der Waals surface area contributed by atoms with Gasteiger partial charge >= 0.3 is 0 Å². The average molecular weight is 637 g/mol. The minimum absolute atomic E-state index is 0.0741. The minimum atomic E-state index is -1.35. The highest BCUT2D eigenvalue weighted by atomic mass is 16.5. The van der Waals surface area contributed by atoms with E-state index in [2.05, 4.69) is 13.8 Å². The molecule has 268 valence electrons. The minimum Gasteiger partial charge on any atom is -0.292 e. The van der Waals surface area contributed by atoms with Gasteiger partial charge in [0.1, 0.15) is 6.54 Å². The molecule has 0 rings (SSSR count). The predicted octanol–water partition coefficient (Wildman–Crippen LogP) is 13.3. The van der Waals surface area contributed by atoms with Crippen molar-refractivity contribution in [1.82, 2.24) is 0 Å².